The molecule has 8 heteroatoms. The van der Waals surface area contributed by atoms with Gasteiger partial charge in [0.25, 0.3) is 0 Å². The largest absolute Gasteiger partial charge is 0.475 e. The van der Waals surface area contributed by atoms with E-state index in [4.69, 9.17) is 10.2 Å². The van der Waals surface area contributed by atoms with Gasteiger partial charge in [-0.2, -0.15) is 0 Å². The Bertz CT molecular complexity index is 191. The zero-order valence-corrected chi connectivity index (χ0v) is 5.94. The van der Waals surface area contributed by atoms with E-state index in [9.17, 15) is 9.59 Å². The number of hydrazine groups is 1. The Morgan fingerprint density at radius 3 is 2.67 bits per heavy atom. The summed E-state index contributed by atoms with van der Waals surface area (Å²) in [7, 11) is 0. The van der Waals surface area contributed by atoms with Crippen molar-refractivity contribution in [1.29, 1.82) is 0 Å². The minimum absolute atomic E-state index is 0.212. The number of carboxylic acid groups (broad SMARTS) is 1. The van der Waals surface area contributed by atoms with Crippen LogP contribution in [-0.2, 0) is 9.59 Å². The maximum Gasteiger partial charge on any atom is 0.374 e. The minimum Gasteiger partial charge on any atom is -0.475 e. The summed E-state index contributed by atoms with van der Waals surface area (Å²) in [5, 5.41) is 19.7. The molecule has 8 nitrogen and oxygen atoms in total. The van der Waals surface area contributed by atoms with E-state index in [-0.39, 0.29) is 6.41 Å². The average molecular weight is 176 g/mol. The highest BCUT2D eigenvalue weighted by atomic mass is 16.4. The van der Waals surface area contributed by atoms with Crippen molar-refractivity contribution >= 4 is 18.2 Å². The SMILES string of the molecule is O=CNN=C(NNCO)C(=O)O. The Labute approximate surface area is 67.2 Å². The number of carbonyl (C=O) groups excluding carboxylic acids is 1. The Balaban J connectivity index is 4.02. The number of nitrogens with zero attached hydrogens (tertiary/aromatic N) is 1. The summed E-state index contributed by atoms with van der Waals surface area (Å²) >= 11 is 0. The molecule has 12 heavy (non-hydrogen) atoms. The molecule has 0 aliphatic rings. The normalized spacial score (nSPS) is 10.6. The Kier molecular flexibility index (Phi) is 5.22. The fourth-order valence-electron chi connectivity index (χ4n) is 0.343. The Hall–Kier alpha value is -1.67. The zero-order valence-electron chi connectivity index (χ0n) is 5.94. The average Bonchev–Trinajstić information content (AvgIpc) is 2.04. The number of carbonyl (C=O) groups is 2. The highest BCUT2D eigenvalue weighted by Gasteiger charge is 2.07. The molecule has 68 valence electrons. The van der Waals surface area contributed by atoms with E-state index in [0.717, 1.165) is 0 Å². The van der Waals surface area contributed by atoms with E-state index in [0.29, 0.717) is 0 Å². The molecule has 0 unspecified atom stereocenters. The van der Waals surface area contributed by atoms with E-state index in [1.807, 2.05) is 5.43 Å². The predicted molar refractivity (Wildman–Crippen MR) is 37.6 cm³/mol. The van der Waals surface area contributed by atoms with Gasteiger partial charge < -0.3 is 10.2 Å². The lowest BCUT2D eigenvalue weighted by atomic mass is 10.6. The molecule has 1 amide bonds. The van der Waals surface area contributed by atoms with Crippen LogP contribution in [0.15, 0.2) is 5.10 Å². The van der Waals surface area contributed by atoms with E-state index in [2.05, 4.69) is 10.5 Å². The highest BCUT2D eigenvalue weighted by Crippen LogP contribution is 1.68. The summed E-state index contributed by atoms with van der Waals surface area (Å²) in [5.41, 5.74) is 5.89. The number of amides is 1. The van der Waals surface area contributed by atoms with Crippen molar-refractivity contribution in [3.8, 4) is 0 Å². The maximum absolute atomic E-state index is 10.2. The summed E-state index contributed by atoms with van der Waals surface area (Å²) < 4.78 is 0. The third-order valence-corrected chi connectivity index (χ3v) is 0.717. The number of hydrazone groups is 1. The van der Waals surface area contributed by atoms with Crippen molar-refractivity contribution in [2.75, 3.05) is 6.73 Å². The van der Waals surface area contributed by atoms with Gasteiger partial charge in [0.2, 0.25) is 12.2 Å². The summed E-state index contributed by atoms with van der Waals surface area (Å²) in [6, 6.07) is 0. The van der Waals surface area contributed by atoms with E-state index in [1.165, 1.54) is 0 Å². The summed E-state index contributed by atoms with van der Waals surface area (Å²) in [6.07, 6.45) is 0.212. The molecule has 0 bridgehead atoms. The number of aliphatic hydroxyl groups excluding tert-OH is 1. The van der Waals surface area contributed by atoms with Crippen molar-refractivity contribution < 1.29 is 19.8 Å². The topological polar surface area (TPSA) is 123 Å². The molecular weight excluding hydrogens is 168 g/mol. The molecule has 0 heterocycles. The minimum atomic E-state index is -1.37. The summed E-state index contributed by atoms with van der Waals surface area (Å²) in [6.45, 7) is -0.465. The molecule has 0 fully saturated rings. The second kappa shape index (κ2) is 6.07. The lowest BCUT2D eigenvalue weighted by Gasteiger charge is -2.03. The van der Waals surface area contributed by atoms with Crippen LogP contribution in [-0.4, -0.2) is 35.2 Å². The van der Waals surface area contributed by atoms with Gasteiger partial charge in [-0.25, -0.2) is 15.6 Å². The van der Waals surface area contributed by atoms with Gasteiger partial charge >= 0.3 is 5.97 Å². The number of hydrogen-bond donors (Lipinski definition) is 5. The molecule has 0 aromatic rings. The van der Waals surface area contributed by atoms with Gasteiger partial charge in [0.05, 0.1) is 0 Å². The summed E-state index contributed by atoms with van der Waals surface area (Å²) in [5.74, 6) is -1.90. The van der Waals surface area contributed by atoms with Gasteiger partial charge in [-0.3, -0.25) is 10.2 Å². The van der Waals surface area contributed by atoms with Crippen LogP contribution in [0, 0.1) is 0 Å². The molecule has 0 saturated carbocycles. The van der Waals surface area contributed by atoms with E-state index < -0.39 is 18.5 Å². The zero-order chi connectivity index (χ0) is 9.40. The molecule has 0 aliphatic heterocycles. The van der Waals surface area contributed by atoms with Crippen molar-refractivity contribution in [3.63, 3.8) is 0 Å². The first-order valence-corrected chi connectivity index (χ1v) is 2.82. The van der Waals surface area contributed by atoms with Crippen molar-refractivity contribution in [3.05, 3.63) is 0 Å². The second-order valence-electron chi connectivity index (χ2n) is 1.47. The molecule has 0 radical (unpaired) electrons. The lowest BCUT2D eigenvalue weighted by Crippen LogP contribution is -2.43. The Morgan fingerprint density at radius 2 is 2.25 bits per heavy atom. The van der Waals surface area contributed by atoms with Crippen LogP contribution >= 0.6 is 0 Å². The fourth-order valence-corrected chi connectivity index (χ4v) is 0.343. The standard InChI is InChI=1S/C4H8N4O4/c9-1-5-7-3(4(11)12)8-6-2-10/h1,6,10H,2H2,(H,5,9)(H,7,8)(H,11,12). The lowest BCUT2D eigenvalue weighted by molar-refractivity contribution is -0.129. The van der Waals surface area contributed by atoms with E-state index >= 15 is 0 Å². The van der Waals surface area contributed by atoms with Gasteiger partial charge in [0.1, 0.15) is 6.73 Å². The molecule has 0 rings (SSSR count). The first-order valence-electron chi connectivity index (χ1n) is 2.82. The smallest absolute Gasteiger partial charge is 0.374 e. The fraction of sp³-hybridized carbons (Fsp3) is 0.250. The number of hydrogen-bond acceptors (Lipinski definition) is 5. The van der Waals surface area contributed by atoms with Crippen molar-refractivity contribution in [1.82, 2.24) is 16.3 Å². The quantitative estimate of drug-likeness (QED) is 0.103. The first-order chi connectivity index (χ1) is 5.72. The third kappa shape index (κ3) is 4.19. The Morgan fingerprint density at radius 1 is 1.58 bits per heavy atom. The van der Waals surface area contributed by atoms with Gasteiger partial charge in [-0.15, -0.1) is 5.10 Å². The number of nitrogens with one attached hydrogen (secondary N) is 3. The van der Waals surface area contributed by atoms with Crippen LogP contribution in [0.5, 0.6) is 0 Å². The highest BCUT2D eigenvalue weighted by molar-refractivity contribution is 6.34. The molecule has 0 atom stereocenters. The van der Waals surface area contributed by atoms with Crippen molar-refractivity contribution in [2.45, 2.75) is 0 Å². The number of amidine groups is 1. The van der Waals surface area contributed by atoms with E-state index in [1.54, 1.807) is 5.43 Å². The predicted octanol–water partition coefficient (Wildman–Crippen LogP) is -2.83. The van der Waals surface area contributed by atoms with Crippen LogP contribution < -0.4 is 16.3 Å². The van der Waals surface area contributed by atoms with Crippen LogP contribution in [0.4, 0.5) is 0 Å². The number of aliphatic hydroxyl groups is 1. The van der Waals surface area contributed by atoms with Crippen LogP contribution in [0.1, 0.15) is 0 Å². The molecule has 0 spiro atoms. The molecule has 5 N–H and O–H groups in total. The van der Waals surface area contributed by atoms with Gasteiger partial charge in [-0.1, -0.05) is 0 Å². The molecular formula is C4H8N4O4. The number of rotatable bonds is 4. The molecule has 0 aromatic carbocycles. The van der Waals surface area contributed by atoms with Crippen LogP contribution in [0.3, 0.4) is 0 Å². The monoisotopic (exact) mass is 176 g/mol. The van der Waals surface area contributed by atoms with Gasteiger partial charge in [-0.05, 0) is 0 Å². The summed E-state index contributed by atoms with van der Waals surface area (Å²) in [4.78, 5) is 19.9. The second-order valence-corrected chi connectivity index (χ2v) is 1.47. The first kappa shape index (κ1) is 10.3. The molecule has 0 aliphatic carbocycles. The molecule has 0 saturated heterocycles. The van der Waals surface area contributed by atoms with Crippen LogP contribution in [0.2, 0.25) is 0 Å². The third-order valence-electron chi connectivity index (χ3n) is 0.717. The number of aliphatic carboxylic acids is 1. The van der Waals surface area contributed by atoms with Gasteiger partial charge in [0.15, 0.2) is 0 Å². The maximum atomic E-state index is 10.2. The van der Waals surface area contributed by atoms with Gasteiger partial charge in [0, 0.05) is 0 Å². The molecule has 0 aromatic heterocycles. The van der Waals surface area contributed by atoms with Crippen molar-refractivity contribution in [2.24, 2.45) is 5.10 Å². The number of carboxylic acids is 1. The van der Waals surface area contributed by atoms with Crippen LogP contribution in [0.25, 0.3) is 0 Å².